The van der Waals surface area contributed by atoms with Crippen molar-refractivity contribution >= 4 is 64.4 Å². The number of alkyl carbamates (subject to hydrolysis) is 1. The zero-order valence-electron chi connectivity index (χ0n) is 43.2. The molecule has 0 atom stereocenters. The second-order valence-corrected chi connectivity index (χ2v) is 18.5. The third-order valence-corrected chi connectivity index (χ3v) is 11.4. The van der Waals surface area contributed by atoms with Gasteiger partial charge < -0.3 is 36.2 Å². The minimum Gasteiger partial charge on any atom is -0.444 e. The Hall–Kier alpha value is -8.20. The highest BCUT2D eigenvalue weighted by Crippen LogP contribution is 2.30. The zero-order chi connectivity index (χ0) is 51.9. The van der Waals surface area contributed by atoms with Gasteiger partial charge in [0, 0.05) is 60.3 Å². The number of nitrogens with zero attached hydrogens (tertiary/aromatic N) is 6. The predicted molar refractivity (Wildman–Crippen MR) is 301 cm³/mol. The number of carbonyl (C=O) groups excluding carboxylic acids is 3. The Morgan fingerprint density at radius 2 is 0.973 bits per heavy atom. The summed E-state index contributed by atoms with van der Waals surface area (Å²) in [6.07, 6.45) is 1.50. The molecule has 0 saturated carbocycles. The molecule has 0 aliphatic carbocycles. The molecule has 74 heavy (non-hydrogen) atoms. The molecule has 15 heteroatoms. The summed E-state index contributed by atoms with van der Waals surface area (Å²) in [7, 11) is 0. The summed E-state index contributed by atoms with van der Waals surface area (Å²) >= 11 is 0. The van der Waals surface area contributed by atoms with Crippen molar-refractivity contribution in [3.05, 3.63) is 204 Å². The van der Waals surface area contributed by atoms with Crippen LogP contribution >= 0.6 is 12.4 Å². The summed E-state index contributed by atoms with van der Waals surface area (Å²) in [5.41, 5.74) is 16.6. The number of anilines is 6. The van der Waals surface area contributed by atoms with E-state index in [1.165, 1.54) is 0 Å². The van der Waals surface area contributed by atoms with Crippen molar-refractivity contribution in [1.29, 1.82) is 0 Å². The van der Waals surface area contributed by atoms with Crippen LogP contribution in [0.3, 0.4) is 0 Å². The summed E-state index contributed by atoms with van der Waals surface area (Å²) in [5.74, 6) is -0.482. The molecule has 5 N–H and O–H groups in total. The van der Waals surface area contributed by atoms with E-state index in [1.54, 1.807) is 21.5 Å². The van der Waals surface area contributed by atoms with E-state index in [2.05, 4.69) is 80.1 Å². The highest BCUT2D eigenvalue weighted by atomic mass is 35.5. The van der Waals surface area contributed by atoms with Crippen LogP contribution in [0.15, 0.2) is 170 Å². The van der Waals surface area contributed by atoms with Crippen LogP contribution in [-0.4, -0.2) is 56.2 Å². The number of aromatic nitrogens is 4. The van der Waals surface area contributed by atoms with E-state index in [0.29, 0.717) is 29.3 Å². The van der Waals surface area contributed by atoms with Gasteiger partial charge in [0.15, 0.2) is 0 Å². The zero-order valence-corrected chi connectivity index (χ0v) is 44.0. The normalized spacial score (nSPS) is 10.8. The molecule has 0 radical (unpaired) electrons. The first-order valence-corrected chi connectivity index (χ1v) is 24.7. The van der Waals surface area contributed by atoms with E-state index in [-0.39, 0.29) is 30.8 Å². The van der Waals surface area contributed by atoms with Crippen LogP contribution in [0.5, 0.6) is 0 Å². The van der Waals surface area contributed by atoms with Gasteiger partial charge in [-0.15, -0.1) is 12.4 Å². The van der Waals surface area contributed by atoms with Crippen molar-refractivity contribution in [2.75, 3.05) is 33.5 Å². The Kier molecular flexibility index (Phi) is 19.3. The maximum absolute atomic E-state index is 13.5. The number of aryl methyl sites for hydroxylation is 2. The highest BCUT2D eigenvalue weighted by molar-refractivity contribution is 6.04. The molecule has 2 heterocycles. The highest BCUT2D eigenvalue weighted by Gasteiger charge is 2.20. The van der Waals surface area contributed by atoms with Gasteiger partial charge >= 0.3 is 6.09 Å². The maximum atomic E-state index is 13.5. The lowest BCUT2D eigenvalue weighted by molar-refractivity contribution is 0.0523. The fourth-order valence-electron chi connectivity index (χ4n) is 8.19. The first kappa shape index (κ1) is 55.1. The Morgan fingerprint density at radius 3 is 1.41 bits per heavy atom. The number of carbonyl (C=O) groups is 3. The van der Waals surface area contributed by atoms with Gasteiger partial charge in [-0.2, -0.15) is 10.2 Å². The average Bonchev–Trinajstić information content (AvgIpc) is 3.99. The Balaban J connectivity index is 0.000000242. The number of hydrogen-bond donors (Lipinski definition) is 4. The lowest BCUT2D eigenvalue weighted by Gasteiger charge is -2.25. The van der Waals surface area contributed by atoms with E-state index >= 15 is 0 Å². The van der Waals surface area contributed by atoms with Crippen molar-refractivity contribution in [2.45, 2.75) is 80.0 Å². The van der Waals surface area contributed by atoms with Gasteiger partial charge in [-0.25, -0.2) is 14.2 Å². The Morgan fingerprint density at radius 1 is 0.554 bits per heavy atom. The van der Waals surface area contributed by atoms with Crippen LogP contribution < -0.4 is 31.5 Å². The molecule has 8 rings (SSSR count). The molecule has 0 spiro atoms. The summed E-state index contributed by atoms with van der Waals surface area (Å²) in [6, 6.07) is 55.1. The molecule has 384 valence electrons. The fraction of sp³-hybridized carbons (Fsp3) is 0.237. The van der Waals surface area contributed by atoms with Crippen LogP contribution in [-0.2, 0) is 17.8 Å². The molecule has 14 nitrogen and oxygen atoms in total. The standard InChI is InChI=1S/C32H37N5O3.C27H29N5O.ClH/c1-6-18-36(26-14-8-7-9-15-26)27-16-11-13-25(21-27)34-30(38)29-19-23(2)35-37(29)28-17-10-12-24(20-28)22-33-31(39)40-32(3,4)5;1-3-15-31(23-11-5-4-6-12-23)24-13-8-10-22(18-24)29-27(33)26-16-20(2)30-32(26)25-14-7-9-21(17-25)19-28;/h7-17,19-21H,6,18,22H2,1-5H3,(H,33,39)(H,34,38);4-14,16-18H,3,15,19,28H2,1-2H3,(H,29,33);1H. The maximum Gasteiger partial charge on any atom is 0.407 e. The molecule has 2 aromatic heterocycles. The predicted octanol–water partition coefficient (Wildman–Crippen LogP) is 12.9. The molecular formula is C59H67ClN10O4. The van der Waals surface area contributed by atoms with E-state index in [9.17, 15) is 14.4 Å². The third-order valence-electron chi connectivity index (χ3n) is 11.4. The smallest absolute Gasteiger partial charge is 0.407 e. The SMILES string of the molecule is CCCN(c1ccccc1)c1cccc(NC(=O)c2cc(C)nn2-c2cccc(CN)c2)c1.CCCN(c1ccccc1)c1cccc(NC(=O)c2cc(C)nn2-c2cccc(CNC(=O)OC(C)(C)C)c2)c1.Cl. The molecular weight excluding hydrogens is 948 g/mol. The lowest BCUT2D eigenvalue weighted by atomic mass is 10.2. The molecule has 8 aromatic rings. The lowest BCUT2D eigenvalue weighted by Crippen LogP contribution is -2.32. The number of halogens is 1. The second kappa shape index (κ2) is 26.0. The monoisotopic (exact) mass is 1010 g/mol. The van der Waals surface area contributed by atoms with Crippen molar-refractivity contribution < 1.29 is 19.1 Å². The summed E-state index contributed by atoms with van der Waals surface area (Å²) in [5, 5.41) is 18.0. The quantitative estimate of drug-likeness (QED) is 0.0695. The topological polar surface area (TPSA) is 165 Å². The van der Waals surface area contributed by atoms with Gasteiger partial charge in [0.25, 0.3) is 11.8 Å². The van der Waals surface area contributed by atoms with Crippen molar-refractivity contribution in [2.24, 2.45) is 5.73 Å². The van der Waals surface area contributed by atoms with Gasteiger partial charge in [0.2, 0.25) is 0 Å². The summed E-state index contributed by atoms with van der Waals surface area (Å²) in [6.45, 7) is 15.9. The molecule has 3 amide bonds. The van der Waals surface area contributed by atoms with Gasteiger partial charge in [0.05, 0.1) is 22.8 Å². The van der Waals surface area contributed by atoms with Crippen LogP contribution in [0, 0.1) is 13.8 Å². The van der Waals surface area contributed by atoms with Crippen molar-refractivity contribution in [1.82, 2.24) is 24.9 Å². The second-order valence-electron chi connectivity index (χ2n) is 18.5. The first-order valence-electron chi connectivity index (χ1n) is 24.7. The molecule has 0 aliphatic rings. The number of nitrogens with one attached hydrogen (secondary N) is 3. The molecule has 0 unspecified atom stereocenters. The number of rotatable bonds is 17. The van der Waals surface area contributed by atoms with E-state index < -0.39 is 11.7 Å². The van der Waals surface area contributed by atoms with E-state index in [0.717, 1.165) is 82.6 Å². The number of para-hydroxylation sites is 2. The van der Waals surface area contributed by atoms with E-state index in [1.807, 2.05) is 162 Å². The number of amides is 3. The molecule has 6 aromatic carbocycles. The van der Waals surface area contributed by atoms with Crippen LogP contribution in [0.25, 0.3) is 11.4 Å². The van der Waals surface area contributed by atoms with Crippen LogP contribution in [0.2, 0.25) is 0 Å². The molecule has 0 bridgehead atoms. The Labute approximate surface area is 441 Å². The number of ether oxygens (including phenoxy) is 1. The van der Waals surface area contributed by atoms with Crippen molar-refractivity contribution in [3.8, 4) is 11.4 Å². The minimum absolute atomic E-state index is 0. The molecule has 0 aliphatic heterocycles. The van der Waals surface area contributed by atoms with Gasteiger partial charge in [-0.3, -0.25) is 9.59 Å². The molecule has 0 saturated heterocycles. The van der Waals surface area contributed by atoms with Crippen LogP contribution in [0.1, 0.15) is 91.0 Å². The summed E-state index contributed by atoms with van der Waals surface area (Å²) < 4.78 is 8.61. The number of benzene rings is 6. The largest absolute Gasteiger partial charge is 0.444 e. The van der Waals surface area contributed by atoms with Crippen LogP contribution in [0.4, 0.5) is 38.9 Å². The fourth-order valence-corrected chi connectivity index (χ4v) is 8.19. The van der Waals surface area contributed by atoms with Gasteiger partial charge in [0.1, 0.15) is 17.0 Å². The van der Waals surface area contributed by atoms with Gasteiger partial charge in [-0.1, -0.05) is 86.6 Å². The first-order chi connectivity index (χ1) is 35.2. The van der Waals surface area contributed by atoms with E-state index in [4.69, 9.17) is 10.5 Å². The van der Waals surface area contributed by atoms with Gasteiger partial charge in [-0.05, 0) is 156 Å². The number of nitrogens with two attached hydrogens (primary N) is 1. The number of hydrogen-bond acceptors (Lipinski definition) is 9. The summed E-state index contributed by atoms with van der Waals surface area (Å²) in [4.78, 5) is 43.3. The average molecular weight is 1020 g/mol. The van der Waals surface area contributed by atoms with Crippen molar-refractivity contribution in [3.63, 3.8) is 0 Å². The molecule has 0 fully saturated rings. The minimum atomic E-state index is -0.573. The third kappa shape index (κ3) is 14.9. The Bertz CT molecular complexity index is 3110.